The zero-order chi connectivity index (χ0) is 13.7. The zero-order valence-electron chi connectivity index (χ0n) is 9.06. The molecule has 0 fully saturated rings. The molecule has 0 unspecified atom stereocenters. The highest BCUT2D eigenvalue weighted by atomic mass is 35.5. The van der Waals surface area contributed by atoms with Crippen LogP contribution in [0.3, 0.4) is 0 Å². The number of amides is 1. The standard InChI is InChI=1S/C10H10Cl2N2O4/c11-7-2-1-5(8(12)14-7)9(16)13-6(3-4-15)10(17)18/h1-2,6,15H,3-4H2,(H,13,16)(H,17,18)/t6-/m0/s1. The van der Waals surface area contributed by atoms with E-state index in [9.17, 15) is 9.59 Å². The Hall–Kier alpha value is -1.37. The molecule has 0 spiro atoms. The van der Waals surface area contributed by atoms with Crippen molar-refractivity contribution in [1.29, 1.82) is 0 Å². The maximum absolute atomic E-state index is 11.7. The van der Waals surface area contributed by atoms with Crippen LogP contribution in [0.25, 0.3) is 0 Å². The summed E-state index contributed by atoms with van der Waals surface area (Å²) in [6.45, 7) is -0.357. The summed E-state index contributed by atoms with van der Waals surface area (Å²) < 4.78 is 0. The van der Waals surface area contributed by atoms with Crippen LogP contribution >= 0.6 is 23.2 Å². The van der Waals surface area contributed by atoms with Gasteiger partial charge in [0.1, 0.15) is 16.3 Å². The topological polar surface area (TPSA) is 99.5 Å². The highest BCUT2D eigenvalue weighted by molar-refractivity contribution is 6.34. The molecule has 0 aliphatic heterocycles. The Balaban J connectivity index is 2.83. The van der Waals surface area contributed by atoms with E-state index in [1.165, 1.54) is 12.1 Å². The number of hydrogen-bond acceptors (Lipinski definition) is 4. The molecule has 1 rings (SSSR count). The van der Waals surface area contributed by atoms with Gasteiger partial charge in [-0.1, -0.05) is 23.2 Å². The predicted octanol–water partition coefficient (Wildman–Crippen LogP) is 0.954. The van der Waals surface area contributed by atoms with Crippen LogP contribution in [0, 0.1) is 0 Å². The average Bonchev–Trinajstić information content (AvgIpc) is 2.27. The SMILES string of the molecule is O=C(N[C@@H](CCO)C(=O)O)c1ccc(Cl)nc1Cl. The van der Waals surface area contributed by atoms with Crippen molar-refractivity contribution in [2.75, 3.05) is 6.61 Å². The van der Waals surface area contributed by atoms with E-state index in [2.05, 4.69) is 10.3 Å². The number of halogens is 2. The number of rotatable bonds is 5. The molecule has 0 radical (unpaired) electrons. The van der Waals surface area contributed by atoms with Crippen molar-refractivity contribution in [1.82, 2.24) is 10.3 Å². The maximum atomic E-state index is 11.7. The second-order valence-corrected chi connectivity index (χ2v) is 4.09. The van der Waals surface area contributed by atoms with Gasteiger partial charge < -0.3 is 15.5 Å². The van der Waals surface area contributed by atoms with Gasteiger partial charge in [0, 0.05) is 13.0 Å². The summed E-state index contributed by atoms with van der Waals surface area (Å²) in [6, 6.07) is 1.52. The van der Waals surface area contributed by atoms with E-state index in [0.717, 1.165) is 0 Å². The molecule has 0 bridgehead atoms. The van der Waals surface area contributed by atoms with E-state index in [4.69, 9.17) is 33.4 Å². The van der Waals surface area contributed by atoms with Gasteiger partial charge in [-0.2, -0.15) is 0 Å². The van der Waals surface area contributed by atoms with Crippen molar-refractivity contribution in [2.24, 2.45) is 0 Å². The van der Waals surface area contributed by atoms with Crippen LogP contribution in [0.5, 0.6) is 0 Å². The van der Waals surface area contributed by atoms with Crippen LogP contribution in [0.4, 0.5) is 0 Å². The molecular weight excluding hydrogens is 283 g/mol. The number of aliphatic carboxylic acids is 1. The molecule has 1 amide bonds. The van der Waals surface area contributed by atoms with Gasteiger partial charge in [-0.05, 0) is 12.1 Å². The van der Waals surface area contributed by atoms with Crippen molar-refractivity contribution in [2.45, 2.75) is 12.5 Å². The van der Waals surface area contributed by atoms with Crippen LogP contribution < -0.4 is 5.32 Å². The fourth-order valence-electron chi connectivity index (χ4n) is 1.20. The number of aliphatic hydroxyl groups excluding tert-OH is 1. The van der Waals surface area contributed by atoms with Crippen molar-refractivity contribution >= 4 is 35.1 Å². The number of nitrogens with one attached hydrogen (secondary N) is 1. The third-order valence-electron chi connectivity index (χ3n) is 2.08. The van der Waals surface area contributed by atoms with E-state index >= 15 is 0 Å². The Morgan fingerprint density at radius 2 is 2.06 bits per heavy atom. The molecule has 1 atom stereocenters. The number of pyridine rings is 1. The van der Waals surface area contributed by atoms with E-state index in [0.29, 0.717) is 0 Å². The number of carboxylic acid groups (broad SMARTS) is 1. The summed E-state index contributed by atoms with van der Waals surface area (Å²) in [7, 11) is 0. The number of carbonyl (C=O) groups excluding carboxylic acids is 1. The minimum Gasteiger partial charge on any atom is -0.480 e. The maximum Gasteiger partial charge on any atom is 0.326 e. The van der Waals surface area contributed by atoms with Crippen LogP contribution in [-0.4, -0.2) is 39.7 Å². The zero-order valence-corrected chi connectivity index (χ0v) is 10.6. The normalized spacial score (nSPS) is 11.9. The van der Waals surface area contributed by atoms with Gasteiger partial charge in [-0.3, -0.25) is 4.79 Å². The lowest BCUT2D eigenvalue weighted by molar-refractivity contribution is -0.139. The lowest BCUT2D eigenvalue weighted by Gasteiger charge is -2.13. The van der Waals surface area contributed by atoms with Crippen molar-refractivity contribution in [3.63, 3.8) is 0 Å². The smallest absolute Gasteiger partial charge is 0.326 e. The monoisotopic (exact) mass is 292 g/mol. The molecule has 98 valence electrons. The Morgan fingerprint density at radius 3 is 2.56 bits per heavy atom. The van der Waals surface area contributed by atoms with E-state index in [1.54, 1.807) is 0 Å². The number of hydrogen-bond donors (Lipinski definition) is 3. The summed E-state index contributed by atoms with van der Waals surface area (Å²) >= 11 is 11.3. The van der Waals surface area contributed by atoms with Crippen molar-refractivity contribution < 1.29 is 19.8 Å². The van der Waals surface area contributed by atoms with Crippen molar-refractivity contribution in [3.8, 4) is 0 Å². The minimum absolute atomic E-state index is 0.0188. The fraction of sp³-hybridized carbons (Fsp3) is 0.300. The molecule has 0 aliphatic carbocycles. The fourth-order valence-corrected chi connectivity index (χ4v) is 1.63. The number of aromatic nitrogens is 1. The third-order valence-corrected chi connectivity index (χ3v) is 2.58. The molecule has 0 aliphatic rings. The molecular formula is C10H10Cl2N2O4. The Morgan fingerprint density at radius 1 is 1.39 bits per heavy atom. The molecule has 18 heavy (non-hydrogen) atoms. The second kappa shape index (κ2) is 6.53. The van der Waals surface area contributed by atoms with Crippen molar-refractivity contribution in [3.05, 3.63) is 28.0 Å². The first-order valence-corrected chi connectivity index (χ1v) is 5.68. The predicted molar refractivity (Wildman–Crippen MR) is 64.8 cm³/mol. The van der Waals surface area contributed by atoms with Gasteiger partial charge in [0.05, 0.1) is 5.56 Å². The molecule has 1 aromatic rings. The first kappa shape index (κ1) is 14.7. The molecule has 6 nitrogen and oxygen atoms in total. The third kappa shape index (κ3) is 3.83. The quantitative estimate of drug-likeness (QED) is 0.702. The number of carbonyl (C=O) groups is 2. The van der Waals surface area contributed by atoms with Crippen LogP contribution in [-0.2, 0) is 4.79 Å². The Labute approximate surface area is 113 Å². The lowest BCUT2D eigenvalue weighted by Crippen LogP contribution is -2.41. The summed E-state index contributed by atoms with van der Waals surface area (Å²) in [4.78, 5) is 26.2. The number of aliphatic hydroxyl groups is 1. The van der Waals surface area contributed by atoms with Gasteiger partial charge >= 0.3 is 5.97 Å². The Kier molecular flexibility index (Phi) is 5.33. The summed E-state index contributed by atoms with van der Waals surface area (Å²) in [5, 5.41) is 19.7. The average molecular weight is 293 g/mol. The van der Waals surface area contributed by atoms with Crippen LogP contribution in [0.2, 0.25) is 10.3 Å². The highest BCUT2D eigenvalue weighted by Gasteiger charge is 2.21. The molecule has 1 aromatic heterocycles. The number of carboxylic acids is 1. The van der Waals surface area contributed by atoms with Gasteiger partial charge in [-0.15, -0.1) is 0 Å². The molecule has 0 aromatic carbocycles. The van der Waals surface area contributed by atoms with Gasteiger partial charge in [-0.25, -0.2) is 9.78 Å². The van der Waals surface area contributed by atoms with E-state index < -0.39 is 17.9 Å². The van der Waals surface area contributed by atoms with Gasteiger partial charge in [0.25, 0.3) is 5.91 Å². The summed E-state index contributed by atoms with van der Waals surface area (Å²) in [5.74, 6) is -1.93. The van der Waals surface area contributed by atoms with Crippen LogP contribution in [0.1, 0.15) is 16.8 Å². The van der Waals surface area contributed by atoms with Crippen LogP contribution in [0.15, 0.2) is 12.1 Å². The first-order valence-electron chi connectivity index (χ1n) is 4.92. The van der Waals surface area contributed by atoms with E-state index in [1.807, 2.05) is 0 Å². The molecule has 8 heteroatoms. The second-order valence-electron chi connectivity index (χ2n) is 3.35. The molecule has 0 saturated heterocycles. The first-order chi connectivity index (χ1) is 8.45. The lowest BCUT2D eigenvalue weighted by atomic mass is 10.2. The molecule has 3 N–H and O–H groups in total. The highest BCUT2D eigenvalue weighted by Crippen LogP contribution is 2.16. The summed E-state index contributed by atoms with van der Waals surface area (Å²) in [5.41, 5.74) is 0.0188. The van der Waals surface area contributed by atoms with E-state index in [-0.39, 0.29) is 28.9 Å². The van der Waals surface area contributed by atoms with Gasteiger partial charge in [0.2, 0.25) is 0 Å². The van der Waals surface area contributed by atoms with Gasteiger partial charge in [0.15, 0.2) is 0 Å². The largest absolute Gasteiger partial charge is 0.480 e. The minimum atomic E-state index is -1.24. The number of nitrogens with zero attached hydrogens (tertiary/aromatic N) is 1. The summed E-state index contributed by atoms with van der Waals surface area (Å²) in [6.07, 6.45) is -0.0975. The molecule has 1 heterocycles. The Bertz CT molecular complexity index is 467. The molecule has 0 saturated carbocycles.